The van der Waals surface area contributed by atoms with Gasteiger partial charge in [0.05, 0.1) is 7.11 Å². The Morgan fingerprint density at radius 3 is 2.13 bits per heavy atom. The summed E-state index contributed by atoms with van der Waals surface area (Å²) in [7, 11) is 1.42. The van der Waals surface area contributed by atoms with E-state index < -0.39 is 0 Å². The quantitative estimate of drug-likeness (QED) is 0.633. The van der Waals surface area contributed by atoms with Crippen molar-refractivity contribution >= 4 is 5.97 Å². The molecule has 1 unspecified atom stereocenters. The van der Waals surface area contributed by atoms with E-state index in [-0.39, 0.29) is 12.0 Å². The van der Waals surface area contributed by atoms with E-state index in [0.29, 0.717) is 12.3 Å². The van der Waals surface area contributed by atoms with Crippen molar-refractivity contribution in [3.8, 4) is 0 Å². The topological polar surface area (TPSA) is 52.3 Å². The molecule has 90 valence electrons. The second kappa shape index (κ2) is 8.72. The first kappa shape index (κ1) is 14.4. The molecule has 0 aliphatic rings. The zero-order valence-corrected chi connectivity index (χ0v) is 10.3. The number of ether oxygens (including phenoxy) is 1. The Balaban J connectivity index is 3.89. The highest BCUT2D eigenvalue weighted by molar-refractivity contribution is 5.69. The SMILES string of the molecule is CCCC(CCC)C(N)CCC(=O)OC. The Labute approximate surface area is 93.4 Å². The van der Waals surface area contributed by atoms with Gasteiger partial charge in [0.2, 0.25) is 0 Å². The number of hydrogen-bond donors (Lipinski definition) is 1. The second-order valence-corrected chi connectivity index (χ2v) is 4.12. The monoisotopic (exact) mass is 215 g/mol. The van der Waals surface area contributed by atoms with E-state index in [2.05, 4.69) is 18.6 Å². The van der Waals surface area contributed by atoms with Crippen LogP contribution in [0.3, 0.4) is 0 Å². The highest BCUT2D eigenvalue weighted by Gasteiger charge is 2.17. The molecule has 0 aromatic heterocycles. The van der Waals surface area contributed by atoms with E-state index in [1.54, 1.807) is 0 Å². The number of hydrogen-bond acceptors (Lipinski definition) is 3. The highest BCUT2D eigenvalue weighted by Crippen LogP contribution is 2.19. The summed E-state index contributed by atoms with van der Waals surface area (Å²) in [6.07, 6.45) is 5.85. The van der Waals surface area contributed by atoms with E-state index in [9.17, 15) is 4.79 Å². The molecule has 0 bridgehead atoms. The van der Waals surface area contributed by atoms with Gasteiger partial charge in [-0.2, -0.15) is 0 Å². The van der Waals surface area contributed by atoms with Crippen molar-refractivity contribution in [2.45, 2.75) is 58.4 Å². The van der Waals surface area contributed by atoms with Crippen molar-refractivity contribution < 1.29 is 9.53 Å². The lowest BCUT2D eigenvalue weighted by Gasteiger charge is -2.22. The third-order valence-corrected chi connectivity index (χ3v) is 2.83. The first-order valence-corrected chi connectivity index (χ1v) is 5.98. The Kier molecular flexibility index (Phi) is 8.38. The van der Waals surface area contributed by atoms with Crippen LogP contribution in [0.25, 0.3) is 0 Å². The number of carbonyl (C=O) groups excluding carboxylic acids is 1. The summed E-state index contributed by atoms with van der Waals surface area (Å²) < 4.78 is 4.61. The standard InChI is InChI=1S/C12H25NO2/c1-4-6-10(7-5-2)11(13)8-9-12(14)15-3/h10-11H,4-9,13H2,1-3H3. The molecular weight excluding hydrogens is 190 g/mol. The van der Waals surface area contributed by atoms with Gasteiger partial charge in [0.1, 0.15) is 0 Å². The smallest absolute Gasteiger partial charge is 0.305 e. The van der Waals surface area contributed by atoms with Gasteiger partial charge in [-0.1, -0.05) is 26.7 Å². The van der Waals surface area contributed by atoms with Gasteiger partial charge in [0.25, 0.3) is 0 Å². The van der Waals surface area contributed by atoms with Crippen LogP contribution in [0.4, 0.5) is 0 Å². The minimum Gasteiger partial charge on any atom is -0.469 e. The predicted molar refractivity (Wildman–Crippen MR) is 62.5 cm³/mol. The molecule has 0 aromatic carbocycles. The van der Waals surface area contributed by atoms with Crippen molar-refractivity contribution in [1.82, 2.24) is 0 Å². The number of nitrogens with two attached hydrogens (primary N) is 1. The zero-order chi connectivity index (χ0) is 11.7. The lowest BCUT2D eigenvalue weighted by atomic mass is 9.88. The number of esters is 1. The van der Waals surface area contributed by atoms with E-state index in [1.807, 2.05) is 0 Å². The molecule has 0 amide bonds. The molecule has 0 rings (SSSR count). The lowest BCUT2D eigenvalue weighted by molar-refractivity contribution is -0.140. The molecule has 0 aromatic rings. The van der Waals surface area contributed by atoms with Crippen molar-refractivity contribution in [2.24, 2.45) is 11.7 Å². The Hall–Kier alpha value is -0.570. The van der Waals surface area contributed by atoms with Crippen LogP contribution < -0.4 is 5.73 Å². The van der Waals surface area contributed by atoms with Gasteiger partial charge in [-0.3, -0.25) is 4.79 Å². The molecule has 3 nitrogen and oxygen atoms in total. The fourth-order valence-corrected chi connectivity index (χ4v) is 1.94. The molecule has 0 aliphatic carbocycles. The molecule has 0 fully saturated rings. The maximum Gasteiger partial charge on any atom is 0.305 e. The van der Waals surface area contributed by atoms with Gasteiger partial charge >= 0.3 is 5.97 Å². The van der Waals surface area contributed by atoms with Crippen molar-refractivity contribution in [1.29, 1.82) is 0 Å². The third-order valence-electron chi connectivity index (χ3n) is 2.83. The number of methoxy groups -OCH3 is 1. The predicted octanol–water partition coefficient (Wildman–Crippen LogP) is 2.48. The average Bonchev–Trinajstić information content (AvgIpc) is 2.25. The van der Waals surface area contributed by atoms with Crippen LogP contribution in [-0.2, 0) is 9.53 Å². The highest BCUT2D eigenvalue weighted by atomic mass is 16.5. The summed E-state index contributed by atoms with van der Waals surface area (Å²) in [5.74, 6) is 0.404. The molecule has 3 heteroatoms. The van der Waals surface area contributed by atoms with Gasteiger partial charge in [-0.05, 0) is 25.2 Å². The van der Waals surface area contributed by atoms with Crippen molar-refractivity contribution in [3.05, 3.63) is 0 Å². The van der Waals surface area contributed by atoms with Crippen molar-refractivity contribution in [2.75, 3.05) is 7.11 Å². The summed E-state index contributed by atoms with van der Waals surface area (Å²) in [6.45, 7) is 4.35. The average molecular weight is 215 g/mol. The Morgan fingerprint density at radius 1 is 1.20 bits per heavy atom. The Bertz CT molecular complexity index is 165. The maximum atomic E-state index is 11.0. The molecule has 0 heterocycles. The normalized spacial score (nSPS) is 12.9. The Morgan fingerprint density at radius 2 is 1.73 bits per heavy atom. The van der Waals surface area contributed by atoms with Gasteiger partial charge in [0.15, 0.2) is 0 Å². The third kappa shape index (κ3) is 6.50. The largest absolute Gasteiger partial charge is 0.469 e. The molecule has 1 atom stereocenters. The van der Waals surface area contributed by atoms with Crippen LogP contribution in [0.5, 0.6) is 0 Å². The van der Waals surface area contributed by atoms with Crippen LogP contribution >= 0.6 is 0 Å². The van der Waals surface area contributed by atoms with Crippen LogP contribution in [0.1, 0.15) is 52.4 Å². The van der Waals surface area contributed by atoms with Gasteiger partial charge < -0.3 is 10.5 Å². The first-order valence-electron chi connectivity index (χ1n) is 5.98. The molecule has 15 heavy (non-hydrogen) atoms. The lowest BCUT2D eigenvalue weighted by Crippen LogP contribution is -2.30. The van der Waals surface area contributed by atoms with Crippen LogP contribution in [0.2, 0.25) is 0 Å². The number of carbonyl (C=O) groups is 1. The van der Waals surface area contributed by atoms with Gasteiger partial charge in [0, 0.05) is 12.5 Å². The van der Waals surface area contributed by atoms with E-state index in [1.165, 1.54) is 7.11 Å². The van der Waals surface area contributed by atoms with Crippen molar-refractivity contribution in [3.63, 3.8) is 0 Å². The summed E-state index contributed by atoms with van der Waals surface area (Å²) in [5, 5.41) is 0. The molecule has 0 radical (unpaired) electrons. The van der Waals surface area contributed by atoms with Gasteiger partial charge in [-0.15, -0.1) is 0 Å². The van der Waals surface area contributed by atoms with Gasteiger partial charge in [-0.25, -0.2) is 0 Å². The van der Waals surface area contributed by atoms with Crippen LogP contribution in [0.15, 0.2) is 0 Å². The maximum absolute atomic E-state index is 11.0. The summed E-state index contributed by atoms with van der Waals surface area (Å²) >= 11 is 0. The fraction of sp³-hybridized carbons (Fsp3) is 0.917. The molecule has 0 spiro atoms. The molecular formula is C12H25NO2. The van der Waals surface area contributed by atoms with Crippen LogP contribution in [0, 0.1) is 5.92 Å². The molecule has 0 aliphatic heterocycles. The van der Waals surface area contributed by atoms with E-state index >= 15 is 0 Å². The summed E-state index contributed by atoms with van der Waals surface area (Å²) in [5.41, 5.74) is 6.09. The van der Waals surface area contributed by atoms with Crippen LogP contribution in [-0.4, -0.2) is 19.1 Å². The minimum absolute atomic E-state index is 0.143. The first-order chi connectivity index (χ1) is 7.15. The van der Waals surface area contributed by atoms with E-state index in [0.717, 1.165) is 32.1 Å². The second-order valence-electron chi connectivity index (χ2n) is 4.12. The zero-order valence-electron chi connectivity index (χ0n) is 10.3. The molecule has 0 saturated carbocycles. The van der Waals surface area contributed by atoms with E-state index in [4.69, 9.17) is 5.73 Å². The fourth-order valence-electron chi connectivity index (χ4n) is 1.94. The molecule has 2 N–H and O–H groups in total. The summed E-state index contributed by atoms with van der Waals surface area (Å²) in [6, 6.07) is 0.143. The number of rotatable bonds is 8. The minimum atomic E-state index is -0.155. The molecule has 0 saturated heterocycles. The summed E-state index contributed by atoms with van der Waals surface area (Å²) in [4.78, 5) is 11.0.